The Morgan fingerprint density at radius 3 is 2.61 bits per heavy atom. The van der Waals surface area contributed by atoms with Crippen LogP contribution in [0.4, 0.5) is 5.82 Å². The Kier molecular flexibility index (Phi) is 3.64. The minimum atomic E-state index is -1.15. The van der Waals surface area contributed by atoms with Crippen molar-refractivity contribution in [2.75, 3.05) is 5.32 Å². The van der Waals surface area contributed by atoms with E-state index in [4.69, 9.17) is 4.52 Å². The lowest BCUT2D eigenvalue weighted by molar-refractivity contribution is -0.313. The fourth-order valence-corrected chi connectivity index (χ4v) is 2.37. The van der Waals surface area contributed by atoms with E-state index in [9.17, 15) is 14.7 Å². The molecule has 1 aromatic rings. The molecular weight excluding hydrogens is 236 g/mol. The number of nitrogens with one attached hydrogen (secondary N) is 1. The molecule has 98 valence electrons. The SMILES string of the molecule is Cc1cc(NC(=O)C2CCCCC2C(=O)[O-])no1. The van der Waals surface area contributed by atoms with E-state index in [1.165, 1.54) is 0 Å². The van der Waals surface area contributed by atoms with Crippen molar-refractivity contribution in [3.05, 3.63) is 11.8 Å². The molecule has 1 N–H and O–H groups in total. The lowest BCUT2D eigenvalue weighted by Crippen LogP contribution is -2.42. The lowest BCUT2D eigenvalue weighted by Gasteiger charge is -2.30. The summed E-state index contributed by atoms with van der Waals surface area (Å²) >= 11 is 0. The minimum Gasteiger partial charge on any atom is -0.550 e. The van der Waals surface area contributed by atoms with Crippen molar-refractivity contribution in [3.63, 3.8) is 0 Å². The average Bonchev–Trinajstić information content (AvgIpc) is 2.74. The highest BCUT2D eigenvalue weighted by molar-refractivity contribution is 5.94. The van der Waals surface area contributed by atoms with E-state index < -0.39 is 17.8 Å². The second-order valence-corrected chi connectivity index (χ2v) is 4.63. The summed E-state index contributed by atoms with van der Waals surface area (Å²) in [5, 5.41) is 17.2. The molecule has 1 fully saturated rings. The monoisotopic (exact) mass is 251 g/mol. The van der Waals surface area contributed by atoms with Gasteiger partial charge in [-0.3, -0.25) is 4.79 Å². The van der Waals surface area contributed by atoms with E-state index in [0.29, 0.717) is 24.4 Å². The summed E-state index contributed by atoms with van der Waals surface area (Å²) in [6.45, 7) is 1.72. The predicted molar refractivity (Wildman–Crippen MR) is 60.3 cm³/mol. The largest absolute Gasteiger partial charge is 0.550 e. The molecule has 18 heavy (non-hydrogen) atoms. The van der Waals surface area contributed by atoms with E-state index in [1.807, 2.05) is 0 Å². The number of nitrogens with zero attached hydrogens (tertiary/aromatic N) is 1. The summed E-state index contributed by atoms with van der Waals surface area (Å²) in [4.78, 5) is 23.0. The van der Waals surface area contributed by atoms with Crippen LogP contribution in [0.3, 0.4) is 0 Å². The van der Waals surface area contributed by atoms with Crippen LogP contribution in [0.15, 0.2) is 10.6 Å². The zero-order valence-electron chi connectivity index (χ0n) is 10.1. The maximum Gasteiger partial charge on any atom is 0.229 e. The van der Waals surface area contributed by atoms with Gasteiger partial charge in [-0.1, -0.05) is 18.0 Å². The molecule has 0 bridgehead atoms. The highest BCUT2D eigenvalue weighted by Gasteiger charge is 2.32. The number of carboxylic acids is 1. The number of rotatable bonds is 3. The second kappa shape index (κ2) is 5.20. The third kappa shape index (κ3) is 2.69. The highest BCUT2D eigenvalue weighted by atomic mass is 16.5. The fourth-order valence-electron chi connectivity index (χ4n) is 2.37. The summed E-state index contributed by atoms with van der Waals surface area (Å²) in [5.41, 5.74) is 0. The Hall–Kier alpha value is -1.85. The lowest BCUT2D eigenvalue weighted by atomic mass is 9.79. The topological polar surface area (TPSA) is 95.3 Å². The molecule has 2 atom stereocenters. The standard InChI is InChI=1S/C12H16N2O4/c1-7-6-10(14-18-7)13-11(15)8-4-2-3-5-9(8)12(16)17/h6,8-9H,2-5H2,1H3,(H,16,17)(H,13,14,15)/p-1. The molecule has 1 amide bonds. The first-order valence-electron chi connectivity index (χ1n) is 6.03. The smallest absolute Gasteiger partial charge is 0.229 e. The highest BCUT2D eigenvalue weighted by Crippen LogP contribution is 2.30. The molecule has 0 saturated heterocycles. The van der Waals surface area contributed by atoms with Gasteiger partial charge >= 0.3 is 0 Å². The van der Waals surface area contributed by atoms with Crippen LogP contribution in [0, 0.1) is 18.8 Å². The number of carbonyl (C=O) groups is 2. The molecule has 1 aliphatic rings. The van der Waals surface area contributed by atoms with Gasteiger partial charge in [0.05, 0.1) is 0 Å². The van der Waals surface area contributed by atoms with Crippen LogP contribution >= 0.6 is 0 Å². The van der Waals surface area contributed by atoms with Crippen molar-refractivity contribution >= 4 is 17.7 Å². The zero-order chi connectivity index (χ0) is 13.1. The van der Waals surface area contributed by atoms with Gasteiger partial charge in [-0.05, 0) is 19.8 Å². The number of amides is 1. The Balaban J connectivity index is 2.04. The normalized spacial score (nSPS) is 23.6. The van der Waals surface area contributed by atoms with Crippen molar-refractivity contribution < 1.29 is 19.2 Å². The average molecular weight is 251 g/mol. The van der Waals surface area contributed by atoms with Crippen LogP contribution in [-0.2, 0) is 9.59 Å². The third-order valence-electron chi connectivity index (χ3n) is 3.28. The molecule has 6 heteroatoms. The number of carboxylic acid groups (broad SMARTS) is 1. The summed E-state index contributed by atoms with van der Waals surface area (Å²) < 4.78 is 4.83. The van der Waals surface area contributed by atoms with Crippen molar-refractivity contribution in [3.8, 4) is 0 Å². The van der Waals surface area contributed by atoms with Crippen molar-refractivity contribution in [2.45, 2.75) is 32.6 Å². The first kappa shape index (κ1) is 12.6. The van der Waals surface area contributed by atoms with Gasteiger partial charge in [-0.2, -0.15) is 0 Å². The summed E-state index contributed by atoms with van der Waals surface area (Å²) in [6, 6.07) is 1.59. The third-order valence-corrected chi connectivity index (χ3v) is 3.28. The van der Waals surface area contributed by atoms with Gasteiger partial charge in [0.15, 0.2) is 5.82 Å². The molecule has 0 aromatic carbocycles. The van der Waals surface area contributed by atoms with Crippen LogP contribution < -0.4 is 10.4 Å². The first-order valence-corrected chi connectivity index (χ1v) is 6.03. The maximum atomic E-state index is 12.0. The molecular formula is C12H15N2O4-. The Bertz CT molecular complexity index is 455. The van der Waals surface area contributed by atoms with Crippen molar-refractivity contribution in [1.29, 1.82) is 0 Å². The number of hydrogen-bond donors (Lipinski definition) is 1. The number of anilines is 1. The molecule has 2 rings (SSSR count). The van der Waals surface area contributed by atoms with Crippen LogP contribution in [0.5, 0.6) is 0 Å². The van der Waals surface area contributed by atoms with Gasteiger partial charge in [0.2, 0.25) is 5.91 Å². The van der Waals surface area contributed by atoms with Gasteiger partial charge in [0, 0.05) is 23.9 Å². The van der Waals surface area contributed by atoms with E-state index in [1.54, 1.807) is 13.0 Å². The van der Waals surface area contributed by atoms with Crippen LogP contribution in [0.2, 0.25) is 0 Å². The Morgan fingerprint density at radius 2 is 2.06 bits per heavy atom. The Labute approximate surface area is 104 Å². The van der Waals surface area contributed by atoms with Gasteiger partial charge < -0.3 is 19.7 Å². The number of aromatic nitrogens is 1. The van der Waals surface area contributed by atoms with E-state index >= 15 is 0 Å². The van der Waals surface area contributed by atoms with Crippen LogP contribution in [0.1, 0.15) is 31.4 Å². The fraction of sp³-hybridized carbons (Fsp3) is 0.583. The maximum absolute atomic E-state index is 12.0. The minimum absolute atomic E-state index is 0.320. The van der Waals surface area contributed by atoms with Crippen molar-refractivity contribution in [1.82, 2.24) is 5.16 Å². The van der Waals surface area contributed by atoms with Crippen LogP contribution in [-0.4, -0.2) is 17.0 Å². The van der Waals surface area contributed by atoms with E-state index in [0.717, 1.165) is 12.8 Å². The van der Waals surface area contributed by atoms with Gasteiger partial charge in [-0.25, -0.2) is 0 Å². The Morgan fingerprint density at radius 1 is 1.39 bits per heavy atom. The summed E-state index contributed by atoms with van der Waals surface area (Å²) in [6.07, 6.45) is 2.75. The molecule has 0 aliphatic heterocycles. The molecule has 6 nitrogen and oxygen atoms in total. The second-order valence-electron chi connectivity index (χ2n) is 4.63. The molecule has 0 spiro atoms. The zero-order valence-corrected chi connectivity index (χ0v) is 10.1. The first-order chi connectivity index (χ1) is 8.58. The van der Waals surface area contributed by atoms with Crippen LogP contribution in [0.25, 0.3) is 0 Å². The number of hydrogen-bond acceptors (Lipinski definition) is 5. The quantitative estimate of drug-likeness (QED) is 0.842. The predicted octanol–water partition coefficient (Wildman–Crippen LogP) is 0.478. The number of aryl methyl sites for hydroxylation is 1. The number of aliphatic carboxylic acids is 1. The summed E-state index contributed by atoms with van der Waals surface area (Å²) in [5.74, 6) is -1.80. The van der Waals surface area contributed by atoms with E-state index in [2.05, 4.69) is 10.5 Å². The molecule has 0 radical (unpaired) electrons. The molecule has 2 unspecified atom stereocenters. The van der Waals surface area contributed by atoms with E-state index in [-0.39, 0.29) is 5.91 Å². The van der Waals surface area contributed by atoms with Crippen molar-refractivity contribution in [2.24, 2.45) is 11.8 Å². The van der Waals surface area contributed by atoms with Gasteiger partial charge in [0.1, 0.15) is 5.76 Å². The molecule has 1 heterocycles. The molecule has 1 saturated carbocycles. The summed E-state index contributed by atoms with van der Waals surface area (Å²) in [7, 11) is 0. The van der Waals surface area contributed by atoms with Gasteiger partial charge in [0.25, 0.3) is 0 Å². The molecule has 1 aromatic heterocycles. The van der Waals surface area contributed by atoms with Gasteiger partial charge in [-0.15, -0.1) is 0 Å². The number of carbonyl (C=O) groups excluding carboxylic acids is 2. The molecule has 1 aliphatic carbocycles.